The Morgan fingerprint density at radius 1 is 1.57 bits per heavy atom. The van der Waals surface area contributed by atoms with Crippen molar-refractivity contribution in [2.24, 2.45) is 0 Å². The lowest BCUT2D eigenvalue weighted by Gasteiger charge is -2.01. The zero-order valence-corrected chi connectivity index (χ0v) is 9.46. The summed E-state index contributed by atoms with van der Waals surface area (Å²) in [4.78, 5) is 0.772. The highest BCUT2D eigenvalue weighted by Crippen LogP contribution is 2.24. The van der Waals surface area contributed by atoms with Crippen LogP contribution in [0.25, 0.3) is 0 Å². The van der Waals surface area contributed by atoms with E-state index in [2.05, 4.69) is 0 Å². The molecule has 0 atom stereocenters. The van der Waals surface area contributed by atoms with Gasteiger partial charge in [0.05, 0.1) is 5.69 Å². The van der Waals surface area contributed by atoms with Crippen LogP contribution in [-0.4, -0.2) is 5.75 Å². The highest BCUT2D eigenvalue weighted by atomic mass is 35.5. The molecule has 76 valence electrons. The third-order valence-electron chi connectivity index (χ3n) is 1.47. The van der Waals surface area contributed by atoms with Crippen molar-refractivity contribution >= 4 is 40.7 Å². The highest BCUT2D eigenvalue weighted by Gasteiger charge is 2.01. The number of nitrogen functional groups attached to an aromatic ring is 1. The minimum Gasteiger partial charge on any atom is -0.396 e. The van der Waals surface area contributed by atoms with Gasteiger partial charge < -0.3 is 5.73 Å². The van der Waals surface area contributed by atoms with E-state index in [1.54, 1.807) is 6.07 Å². The van der Waals surface area contributed by atoms with Crippen LogP contribution in [-0.2, 0) is 0 Å². The Morgan fingerprint density at radius 2 is 2.29 bits per heavy atom. The molecule has 0 aromatic heterocycles. The molecule has 0 aliphatic heterocycles. The third kappa shape index (κ3) is 3.40. The van der Waals surface area contributed by atoms with E-state index in [1.165, 1.54) is 29.4 Å². The second kappa shape index (κ2) is 5.49. The summed E-state index contributed by atoms with van der Waals surface area (Å²) in [5.41, 5.74) is 6.77. The summed E-state index contributed by atoms with van der Waals surface area (Å²) >= 11 is 12.4. The Hall–Kier alpha value is -0.380. The first-order valence-corrected chi connectivity index (χ1v) is 5.56. The molecule has 1 nitrogen and oxygen atoms in total. The minimum atomic E-state index is -0.416. The maximum atomic E-state index is 13.0. The first-order chi connectivity index (χ1) is 6.63. The van der Waals surface area contributed by atoms with E-state index in [-0.39, 0.29) is 5.69 Å². The van der Waals surface area contributed by atoms with Crippen LogP contribution in [0.4, 0.5) is 10.1 Å². The van der Waals surface area contributed by atoms with Crippen molar-refractivity contribution in [3.05, 3.63) is 34.6 Å². The highest BCUT2D eigenvalue weighted by molar-refractivity contribution is 7.99. The molecule has 0 aliphatic rings. The van der Waals surface area contributed by atoms with Gasteiger partial charge in [-0.25, -0.2) is 4.39 Å². The molecule has 1 rings (SSSR count). The molecule has 0 fully saturated rings. The van der Waals surface area contributed by atoms with E-state index in [9.17, 15) is 4.39 Å². The molecule has 0 aliphatic carbocycles. The SMILES string of the molecule is Nc1ccc(SC/C(Cl)=C/Cl)cc1F. The number of anilines is 1. The number of hydrogen-bond donors (Lipinski definition) is 1. The summed E-state index contributed by atoms with van der Waals surface area (Å²) in [5.74, 6) is 0.106. The number of hydrogen-bond acceptors (Lipinski definition) is 2. The molecular weight excluding hydrogens is 244 g/mol. The molecule has 0 radical (unpaired) electrons. The van der Waals surface area contributed by atoms with Crippen molar-refractivity contribution in [1.29, 1.82) is 0 Å². The van der Waals surface area contributed by atoms with Crippen LogP contribution in [0.15, 0.2) is 33.7 Å². The molecule has 5 heteroatoms. The maximum absolute atomic E-state index is 13.0. The Kier molecular flexibility index (Phi) is 4.58. The average molecular weight is 252 g/mol. The fraction of sp³-hybridized carbons (Fsp3) is 0.111. The van der Waals surface area contributed by atoms with Gasteiger partial charge in [0.25, 0.3) is 0 Å². The second-order valence-electron chi connectivity index (χ2n) is 2.53. The Labute approximate surface area is 96.1 Å². The van der Waals surface area contributed by atoms with Crippen LogP contribution in [0.2, 0.25) is 0 Å². The summed E-state index contributed by atoms with van der Waals surface area (Å²) in [6.45, 7) is 0. The average Bonchev–Trinajstić information content (AvgIpc) is 2.19. The molecular formula is C9H8Cl2FNS. The van der Waals surface area contributed by atoms with Crippen molar-refractivity contribution in [3.63, 3.8) is 0 Å². The number of rotatable bonds is 3. The fourth-order valence-electron chi connectivity index (χ4n) is 0.781. The molecule has 1 aromatic rings. The molecule has 0 saturated carbocycles. The van der Waals surface area contributed by atoms with Gasteiger partial charge in [-0.3, -0.25) is 0 Å². The van der Waals surface area contributed by atoms with Crippen molar-refractivity contribution < 1.29 is 4.39 Å². The summed E-state index contributed by atoms with van der Waals surface area (Å²) in [6.07, 6.45) is 0. The van der Waals surface area contributed by atoms with Gasteiger partial charge in [-0.2, -0.15) is 0 Å². The topological polar surface area (TPSA) is 26.0 Å². The summed E-state index contributed by atoms with van der Waals surface area (Å²) in [7, 11) is 0. The summed E-state index contributed by atoms with van der Waals surface area (Å²) < 4.78 is 13.0. The lowest BCUT2D eigenvalue weighted by molar-refractivity contribution is 0.629. The molecule has 1 aromatic carbocycles. The first kappa shape index (κ1) is 11.7. The van der Waals surface area contributed by atoms with Crippen LogP contribution in [0.5, 0.6) is 0 Å². The van der Waals surface area contributed by atoms with E-state index in [1.807, 2.05) is 0 Å². The van der Waals surface area contributed by atoms with E-state index >= 15 is 0 Å². The third-order valence-corrected chi connectivity index (χ3v) is 3.29. The van der Waals surface area contributed by atoms with Crippen molar-refractivity contribution in [3.8, 4) is 0 Å². The summed E-state index contributed by atoms with van der Waals surface area (Å²) in [6, 6.07) is 4.63. The quantitative estimate of drug-likeness (QED) is 0.653. The van der Waals surface area contributed by atoms with Crippen molar-refractivity contribution in [1.82, 2.24) is 0 Å². The van der Waals surface area contributed by atoms with Crippen molar-refractivity contribution in [2.75, 3.05) is 11.5 Å². The number of benzene rings is 1. The van der Waals surface area contributed by atoms with Crippen molar-refractivity contribution in [2.45, 2.75) is 4.90 Å². The molecule has 0 heterocycles. The van der Waals surface area contributed by atoms with Crippen LogP contribution in [0.1, 0.15) is 0 Å². The van der Waals surface area contributed by atoms with Gasteiger partial charge in [0, 0.05) is 21.2 Å². The molecule has 0 unspecified atom stereocenters. The summed E-state index contributed by atoms with van der Waals surface area (Å²) in [5, 5.41) is 0.522. The van der Waals surface area contributed by atoms with Crippen LogP contribution >= 0.6 is 35.0 Å². The second-order valence-corrected chi connectivity index (χ2v) is 4.28. The fourth-order valence-corrected chi connectivity index (χ4v) is 1.85. The predicted octanol–water partition coefficient (Wildman–Crippen LogP) is 3.82. The van der Waals surface area contributed by atoms with E-state index in [0.717, 1.165) is 4.90 Å². The number of halogens is 3. The smallest absolute Gasteiger partial charge is 0.147 e. The minimum absolute atomic E-state index is 0.147. The standard InChI is InChI=1S/C9H8Cl2FNS/c10-4-6(11)5-14-7-1-2-9(13)8(12)3-7/h1-4H,5,13H2/b6-4-. The normalized spacial score (nSPS) is 11.8. The largest absolute Gasteiger partial charge is 0.396 e. The Morgan fingerprint density at radius 3 is 2.86 bits per heavy atom. The van der Waals surface area contributed by atoms with E-state index in [4.69, 9.17) is 28.9 Å². The van der Waals surface area contributed by atoms with E-state index < -0.39 is 5.82 Å². The lowest BCUT2D eigenvalue weighted by atomic mass is 10.3. The van der Waals surface area contributed by atoms with Gasteiger partial charge in [0.15, 0.2) is 0 Å². The molecule has 0 bridgehead atoms. The zero-order valence-electron chi connectivity index (χ0n) is 7.14. The van der Waals surface area contributed by atoms with Gasteiger partial charge in [-0.05, 0) is 18.2 Å². The molecule has 0 saturated heterocycles. The Bertz CT molecular complexity index is 355. The zero-order chi connectivity index (χ0) is 10.6. The lowest BCUT2D eigenvalue weighted by Crippen LogP contribution is -1.90. The van der Waals surface area contributed by atoms with Gasteiger partial charge in [-0.15, -0.1) is 11.8 Å². The van der Waals surface area contributed by atoms with E-state index in [0.29, 0.717) is 10.8 Å². The van der Waals surface area contributed by atoms with Crippen LogP contribution < -0.4 is 5.73 Å². The van der Waals surface area contributed by atoms with Gasteiger partial charge in [0.2, 0.25) is 0 Å². The Balaban J connectivity index is 2.64. The van der Waals surface area contributed by atoms with Crippen LogP contribution in [0.3, 0.4) is 0 Å². The maximum Gasteiger partial charge on any atom is 0.147 e. The molecule has 2 N–H and O–H groups in total. The van der Waals surface area contributed by atoms with Crippen LogP contribution in [0, 0.1) is 5.82 Å². The predicted molar refractivity (Wildman–Crippen MR) is 61.3 cm³/mol. The molecule has 14 heavy (non-hydrogen) atoms. The molecule has 0 amide bonds. The number of nitrogens with two attached hydrogens (primary N) is 1. The number of thioether (sulfide) groups is 1. The molecule has 0 spiro atoms. The first-order valence-electron chi connectivity index (χ1n) is 3.76. The monoisotopic (exact) mass is 251 g/mol. The van der Waals surface area contributed by atoms with Gasteiger partial charge in [0.1, 0.15) is 5.82 Å². The van der Waals surface area contributed by atoms with Gasteiger partial charge >= 0.3 is 0 Å². The van der Waals surface area contributed by atoms with Gasteiger partial charge in [-0.1, -0.05) is 23.2 Å².